The van der Waals surface area contributed by atoms with Gasteiger partial charge in [0.1, 0.15) is 11.0 Å². The van der Waals surface area contributed by atoms with Crippen molar-refractivity contribution < 1.29 is 14.3 Å². The number of anilines is 1. The minimum atomic E-state index is -0.491. The van der Waals surface area contributed by atoms with E-state index < -0.39 is 5.25 Å². The van der Waals surface area contributed by atoms with Gasteiger partial charge in [0.05, 0.1) is 12.8 Å². The summed E-state index contributed by atoms with van der Waals surface area (Å²) in [7, 11) is 1.51. The van der Waals surface area contributed by atoms with Crippen LogP contribution >= 0.6 is 23.4 Å². The average molecular weight is 384 g/mol. The highest BCUT2D eigenvalue weighted by Crippen LogP contribution is 2.32. The van der Waals surface area contributed by atoms with Gasteiger partial charge in [-0.15, -0.1) is 0 Å². The van der Waals surface area contributed by atoms with Crippen LogP contribution in [0.1, 0.15) is 25.8 Å². The molecule has 0 radical (unpaired) electrons. The fourth-order valence-corrected chi connectivity index (χ4v) is 3.78. The Balaban J connectivity index is 2.02. The Morgan fingerprint density at radius 1 is 1.40 bits per heavy atom. The summed E-state index contributed by atoms with van der Waals surface area (Å²) < 4.78 is 5.25. The maximum Gasteiger partial charge on any atom is 0.262 e. The zero-order chi connectivity index (χ0) is 18.6. The molecule has 6 nitrogen and oxygen atoms in total. The second-order valence-corrected chi connectivity index (χ2v) is 7.14. The lowest BCUT2D eigenvalue weighted by atomic mass is 10.2. The Morgan fingerprint density at radius 2 is 2.08 bits per heavy atom. The molecule has 0 aliphatic carbocycles. The molecule has 0 saturated carbocycles. The number of carbonyl (C=O) groups is 2. The van der Waals surface area contributed by atoms with Crippen LogP contribution < -0.4 is 10.1 Å². The molecule has 25 heavy (non-hydrogen) atoms. The molecular formula is C17H22ClN3O3S. The molecule has 0 bridgehead atoms. The molecule has 1 aromatic carbocycles. The van der Waals surface area contributed by atoms with Gasteiger partial charge in [-0.1, -0.05) is 23.4 Å². The quantitative estimate of drug-likeness (QED) is 0.815. The lowest BCUT2D eigenvalue weighted by molar-refractivity contribution is -0.121. The maximum atomic E-state index is 12.4. The van der Waals surface area contributed by atoms with Gasteiger partial charge in [-0.25, -0.2) is 0 Å². The van der Waals surface area contributed by atoms with Gasteiger partial charge in [0.15, 0.2) is 5.17 Å². The molecule has 8 heteroatoms. The molecule has 1 N–H and O–H groups in total. The minimum absolute atomic E-state index is 0.0581. The lowest BCUT2D eigenvalue weighted by Gasteiger charge is -2.19. The van der Waals surface area contributed by atoms with Crippen molar-refractivity contribution in [1.29, 1.82) is 0 Å². The van der Waals surface area contributed by atoms with Crippen molar-refractivity contribution in [2.75, 3.05) is 25.5 Å². The predicted octanol–water partition coefficient (Wildman–Crippen LogP) is 3.33. The first-order chi connectivity index (χ1) is 11.9. The van der Waals surface area contributed by atoms with Crippen molar-refractivity contribution in [3.63, 3.8) is 0 Å². The summed E-state index contributed by atoms with van der Waals surface area (Å²) in [6, 6.07) is 3.41. The number of hydrogen-bond acceptors (Lipinski definition) is 5. The first-order valence-electron chi connectivity index (χ1n) is 8.07. The number of amidine groups is 1. The highest BCUT2D eigenvalue weighted by atomic mass is 35.5. The Bertz CT molecular complexity index is 705. The second-order valence-electron chi connectivity index (χ2n) is 5.57. The molecule has 2 amide bonds. The summed E-state index contributed by atoms with van der Waals surface area (Å²) in [4.78, 5) is 30.5. The van der Waals surface area contributed by atoms with Crippen LogP contribution in [-0.4, -0.2) is 47.3 Å². The van der Waals surface area contributed by atoms with E-state index in [0.29, 0.717) is 21.6 Å². The number of methoxy groups -OCH3 is 1. The van der Waals surface area contributed by atoms with Crippen molar-refractivity contribution in [2.45, 2.75) is 32.4 Å². The summed E-state index contributed by atoms with van der Waals surface area (Å²) in [5, 5.41) is 3.56. The topological polar surface area (TPSA) is 71.0 Å². The van der Waals surface area contributed by atoms with Gasteiger partial charge in [-0.05, 0) is 32.4 Å². The number of carbonyl (C=O) groups excluding carboxylic acids is 2. The predicted molar refractivity (Wildman–Crippen MR) is 103 cm³/mol. The molecule has 1 aromatic rings. The van der Waals surface area contributed by atoms with Gasteiger partial charge in [0, 0.05) is 30.6 Å². The van der Waals surface area contributed by atoms with Crippen molar-refractivity contribution >= 4 is 46.0 Å². The number of amides is 2. The number of rotatable bonds is 6. The summed E-state index contributed by atoms with van der Waals surface area (Å²) >= 11 is 7.41. The summed E-state index contributed by atoms with van der Waals surface area (Å²) in [6.45, 7) is 7.40. The first-order valence-corrected chi connectivity index (χ1v) is 9.33. The van der Waals surface area contributed by atoms with Crippen molar-refractivity contribution in [3.8, 4) is 5.75 Å². The first kappa shape index (κ1) is 19.6. The van der Waals surface area contributed by atoms with E-state index in [1.807, 2.05) is 25.7 Å². The Morgan fingerprint density at radius 3 is 2.68 bits per heavy atom. The number of aryl methyl sites for hydroxylation is 1. The molecule has 0 fully saturated rings. The number of aliphatic imine (C=N–C) groups is 1. The van der Waals surface area contributed by atoms with Crippen LogP contribution in [0.15, 0.2) is 17.1 Å². The molecule has 1 aliphatic heterocycles. The van der Waals surface area contributed by atoms with Crippen LogP contribution in [0, 0.1) is 6.92 Å². The molecule has 0 unspecified atom stereocenters. The van der Waals surface area contributed by atoms with Crippen molar-refractivity contribution in [3.05, 3.63) is 22.7 Å². The molecule has 1 heterocycles. The Kier molecular flexibility index (Phi) is 6.72. The van der Waals surface area contributed by atoms with E-state index in [1.54, 1.807) is 12.1 Å². The number of hydrogen-bond donors (Lipinski definition) is 1. The van der Waals surface area contributed by atoms with E-state index >= 15 is 0 Å². The van der Waals surface area contributed by atoms with E-state index in [0.717, 1.165) is 18.7 Å². The standard InChI is InChI=1S/C17H22ClN3O3S/c1-5-21(6-2)17-20-16(23)14(25-17)9-15(22)19-12-7-10(3)11(18)8-13(12)24-4/h7-8,14H,5-6,9H2,1-4H3,(H,19,22)/t14-/m1/s1. The minimum Gasteiger partial charge on any atom is -0.495 e. The van der Waals surface area contributed by atoms with E-state index in [9.17, 15) is 9.59 Å². The third kappa shape index (κ3) is 4.67. The van der Waals surface area contributed by atoms with Crippen LogP contribution in [0.2, 0.25) is 5.02 Å². The zero-order valence-corrected chi connectivity index (χ0v) is 16.3. The number of ether oxygens (including phenoxy) is 1. The molecule has 136 valence electrons. The normalized spacial score (nSPS) is 16.6. The van der Waals surface area contributed by atoms with Gasteiger partial charge < -0.3 is 15.0 Å². The third-order valence-corrected chi connectivity index (χ3v) is 5.51. The average Bonchev–Trinajstić information content (AvgIpc) is 2.92. The summed E-state index contributed by atoms with van der Waals surface area (Å²) in [6.07, 6.45) is 0.0581. The molecule has 1 atom stereocenters. The number of benzene rings is 1. The van der Waals surface area contributed by atoms with Crippen molar-refractivity contribution in [2.24, 2.45) is 4.99 Å². The number of halogens is 1. The van der Waals surface area contributed by atoms with Gasteiger partial charge in [0.2, 0.25) is 5.91 Å². The molecule has 2 rings (SSSR count). The highest BCUT2D eigenvalue weighted by molar-refractivity contribution is 8.15. The Hall–Kier alpha value is -1.73. The molecule has 0 aromatic heterocycles. The van der Waals surface area contributed by atoms with Crippen LogP contribution in [0.5, 0.6) is 5.75 Å². The van der Waals surface area contributed by atoms with Crippen LogP contribution in [0.4, 0.5) is 5.69 Å². The third-order valence-electron chi connectivity index (χ3n) is 3.89. The highest BCUT2D eigenvalue weighted by Gasteiger charge is 2.32. The van der Waals surface area contributed by atoms with Gasteiger partial charge >= 0.3 is 0 Å². The maximum absolute atomic E-state index is 12.4. The summed E-state index contributed by atoms with van der Waals surface area (Å²) in [5.41, 5.74) is 1.37. The lowest BCUT2D eigenvalue weighted by Crippen LogP contribution is -2.28. The smallest absolute Gasteiger partial charge is 0.262 e. The Labute approximate surface area is 157 Å². The molecule has 0 saturated heterocycles. The largest absolute Gasteiger partial charge is 0.495 e. The number of nitrogens with zero attached hydrogens (tertiary/aromatic N) is 2. The monoisotopic (exact) mass is 383 g/mol. The van der Waals surface area contributed by atoms with Crippen LogP contribution in [0.3, 0.4) is 0 Å². The SMILES string of the molecule is CCN(CC)C1=NC(=O)[C@@H](CC(=O)Nc2cc(C)c(Cl)cc2OC)S1. The fourth-order valence-electron chi connectivity index (χ4n) is 2.44. The number of thioether (sulfide) groups is 1. The molecular weight excluding hydrogens is 362 g/mol. The van der Waals surface area contributed by atoms with Gasteiger partial charge in [-0.2, -0.15) is 4.99 Å². The number of nitrogens with one attached hydrogen (secondary N) is 1. The van der Waals surface area contributed by atoms with Crippen LogP contribution in [0.25, 0.3) is 0 Å². The molecule has 1 aliphatic rings. The van der Waals surface area contributed by atoms with E-state index in [1.165, 1.54) is 18.9 Å². The zero-order valence-electron chi connectivity index (χ0n) is 14.8. The summed E-state index contributed by atoms with van der Waals surface area (Å²) in [5.74, 6) is -0.0439. The molecule has 0 spiro atoms. The van der Waals surface area contributed by atoms with Gasteiger partial charge in [-0.3, -0.25) is 9.59 Å². The van der Waals surface area contributed by atoms with Crippen molar-refractivity contribution in [1.82, 2.24) is 4.90 Å². The van der Waals surface area contributed by atoms with E-state index in [4.69, 9.17) is 16.3 Å². The van der Waals surface area contributed by atoms with E-state index in [2.05, 4.69) is 10.3 Å². The van der Waals surface area contributed by atoms with Gasteiger partial charge in [0.25, 0.3) is 5.91 Å². The van der Waals surface area contributed by atoms with E-state index in [-0.39, 0.29) is 18.2 Å². The second kappa shape index (κ2) is 8.58. The fraction of sp³-hybridized carbons (Fsp3) is 0.471. The van der Waals surface area contributed by atoms with Crippen LogP contribution in [-0.2, 0) is 9.59 Å².